The number of aromatic nitrogens is 3. The zero-order chi connectivity index (χ0) is 22.2. The normalized spacial score (nSPS) is 11.2. The SMILES string of the molecule is O=C(Nc1nnc(-c2ccco2)o1)c1cc(-c2cccc3ccccc23)nc2ccccc12. The number of furan rings is 1. The standard InChI is InChI=1S/C26H16N4O3/c31-24(28-26-30-29-25(33-26)23-13-6-14-32-23)20-15-22(27-21-12-4-3-10-19(20)21)18-11-5-8-16-7-1-2-9-17(16)18/h1-15H,(H,28,30,31). The molecule has 0 fully saturated rings. The van der Waals surface area contributed by atoms with Crippen molar-refractivity contribution in [1.29, 1.82) is 0 Å². The van der Waals surface area contributed by atoms with E-state index in [0.29, 0.717) is 17.0 Å². The van der Waals surface area contributed by atoms with Gasteiger partial charge in [0, 0.05) is 10.9 Å². The van der Waals surface area contributed by atoms with Gasteiger partial charge in [-0.15, -0.1) is 5.10 Å². The predicted molar refractivity (Wildman–Crippen MR) is 125 cm³/mol. The maximum atomic E-state index is 13.3. The molecule has 7 nitrogen and oxygen atoms in total. The number of carbonyl (C=O) groups is 1. The van der Waals surface area contributed by atoms with Crippen molar-refractivity contribution in [3.05, 3.63) is 96.8 Å². The number of hydrogen-bond donors (Lipinski definition) is 1. The molecule has 3 aromatic heterocycles. The summed E-state index contributed by atoms with van der Waals surface area (Å²) in [6, 6.07) is 26.9. The topological polar surface area (TPSA) is 94.1 Å². The van der Waals surface area contributed by atoms with Crippen LogP contribution in [0.5, 0.6) is 0 Å². The molecule has 0 unspecified atom stereocenters. The molecule has 0 atom stereocenters. The Morgan fingerprint density at radius 2 is 1.64 bits per heavy atom. The van der Waals surface area contributed by atoms with E-state index in [0.717, 1.165) is 27.2 Å². The summed E-state index contributed by atoms with van der Waals surface area (Å²) >= 11 is 0. The second kappa shape index (κ2) is 7.72. The van der Waals surface area contributed by atoms with E-state index in [1.807, 2.05) is 48.5 Å². The van der Waals surface area contributed by atoms with Gasteiger partial charge in [-0.3, -0.25) is 10.1 Å². The number of para-hydroxylation sites is 1. The van der Waals surface area contributed by atoms with Crippen LogP contribution < -0.4 is 5.32 Å². The molecular formula is C26H16N4O3. The maximum absolute atomic E-state index is 13.3. The molecule has 158 valence electrons. The summed E-state index contributed by atoms with van der Waals surface area (Å²) in [4.78, 5) is 18.1. The van der Waals surface area contributed by atoms with Crippen molar-refractivity contribution >= 4 is 33.6 Å². The third-order valence-corrected chi connectivity index (χ3v) is 5.40. The molecule has 1 N–H and O–H groups in total. The molecule has 0 saturated carbocycles. The Hall–Kier alpha value is -4.78. The molecule has 0 aliphatic carbocycles. The predicted octanol–water partition coefficient (Wildman–Crippen LogP) is 5.95. The summed E-state index contributed by atoms with van der Waals surface area (Å²) < 4.78 is 10.8. The van der Waals surface area contributed by atoms with Gasteiger partial charge in [0.1, 0.15) is 0 Å². The molecule has 1 amide bonds. The molecule has 7 heteroatoms. The van der Waals surface area contributed by atoms with Gasteiger partial charge >= 0.3 is 6.01 Å². The number of benzene rings is 3. The van der Waals surface area contributed by atoms with E-state index >= 15 is 0 Å². The van der Waals surface area contributed by atoms with Crippen LogP contribution in [0.1, 0.15) is 10.4 Å². The second-order valence-electron chi connectivity index (χ2n) is 7.44. The highest BCUT2D eigenvalue weighted by atomic mass is 16.4. The first-order chi connectivity index (χ1) is 16.3. The molecular weight excluding hydrogens is 416 g/mol. The molecule has 0 saturated heterocycles. The third kappa shape index (κ3) is 3.41. The number of nitrogens with zero attached hydrogens (tertiary/aromatic N) is 3. The molecule has 33 heavy (non-hydrogen) atoms. The lowest BCUT2D eigenvalue weighted by atomic mass is 9.99. The lowest BCUT2D eigenvalue weighted by Crippen LogP contribution is -2.13. The van der Waals surface area contributed by atoms with E-state index < -0.39 is 0 Å². The zero-order valence-electron chi connectivity index (χ0n) is 17.2. The molecule has 0 aliphatic heterocycles. The number of carbonyl (C=O) groups excluding carboxylic acids is 1. The number of anilines is 1. The van der Waals surface area contributed by atoms with Gasteiger partial charge in [-0.2, -0.15) is 0 Å². The largest absolute Gasteiger partial charge is 0.459 e. The Kier molecular flexibility index (Phi) is 4.43. The fourth-order valence-corrected chi connectivity index (χ4v) is 3.89. The summed E-state index contributed by atoms with van der Waals surface area (Å²) in [6.45, 7) is 0. The van der Waals surface area contributed by atoms with E-state index in [1.165, 1.54) is 6.26 Å². The van der Waals surface area contributed by atoms with Crippen molar-refractivity contribution in [2.24, 2.45) is 0 Å². The van der Waals surface area contributed by atoms with Gasteiger partial charge in [0.05, 0.1) is 23.0 Å². The molecule has 0 spiro atoms. The van der Waals surface area contributed by atoms with Crippen LogP contribution in [0, 0.1) is 0 Å². The Morgan fingerprint density at radius 1 is 0.818 bits per heavy atom. The van der Waals surface area contributed by atoms with Gasteiger partial charge in [0.2, 0.25) is 0 Å². The summed E-state index contributed by atoms with van der Waals surface area (Å²) in [5.74, 6) is 0.242. The highest BCUT2D eigenvalue weighted by molar-refractivity contribution is 6.13. The van der Waals surface area contributed by atoms with E-state index in [2.05, 4.69) is 33.7 Å². The van der Waals surface area contributed by atoms with Crippen LogP contribution in [0.25, 0.3) is 44.6 Å². The molecule has 3 aromatic carbocycles. The average molecular weight is 432 g/mol. The maximum Gasteiger partial charge on any atom is 0.322 e. The Labute approximate surface area is 187 Å². The molecule has 0 bridgehead atoms. The first-order valence-electron chi connectivity index (χ1n) is 10.3. The Morgan fingerprint density at radius 3 is 2.52 bits per heavy atom. The number of rotatable bonds is 4. The van der Waals surface area contributed by atoms with Crippen LogP contribution in [0.2, 0.25) is 0 Å². The number of hydrogen-bond acceptors (Lipinski definition) is 6. The van der Waals surface area contributed by atoms with Gasteiger partial charge < -0.3 is 8.83 Å². The zero-order valence-corrected chi connectivity index (χ0v) is 17.2. The van der Waals surface area contributed by atoms with Gasteiger partial charge in [-0.05, 0) is 35.0 Å². The minimum atomic E-state index is -0.371. The Balaban J connectivity index is 1.43. The van der Waals surface area contributed by atoms with Gasteiger partial charge in [-0.25, -0.2) is 4.98 Å². The number of nitrogens with one attached hydrogen (secondary N) is 1. The van der Waals surface area contributed by atoms with Crippen LogP contribution in [0.3, 0.4) is 0 Å². The fraction of sp³-hybridized carbons (Fsp3) is 0. The highest BCUT2D eigenvalue weighted by Crippen LogP contribution is 2.31. The summed E-state index contributed by atoms with van der Waals surface area (Å²) in [5, 5.41) is 13.4. The van der Waals surface area contributed by atoms with Gasteiger partial charge in [0.15, 0.2) is 5.76 Å². The first kappa shape index (κ1) is 18.9. The average Bonchev–Trinajstić information content (AvgIpc) is 3.55. The molecule has 3 heterocycles. The van der Waals surface area contributed by atoms with Crippen LogP contribution in [0.4, 0.5) is 6.01 Å². The van der Waals surface area contributed by atoms with Crippen molar-refractivity contribution in [3.63, 3.8) is 0 Å². The van der Waals surface area contributed by atoms with E-state index in [4.69, 9.17) is 13.8 Å². The summed E-state index contributed by atoms with van der Waals surface area (Å²) in [7, 11) is 0. The van der Waals surface area contributed by atoms with Crippen molar-refractivity contribution in [2.45, 2.75) is 0 Å². The van der Waals surface area contributed by atoms with Crippen molar-refractivity contribution < 1.29 is 13.6 Å². The monoisotopic (exact) mass is 432 g/mol. The lowest BCUT2D eigenvalue weighted by molar-refractivity contribution is 0.102. The number of fused-ring (bicyclic) bond motifs is 2. The molecule has 0 aliphatic rings. The smallest absolute Gasteiger partial charge is 0.322 e. The lowest BCUT2D eigenvalue weighted by Gasteiger charge is -2.11. The molecule has 0 radical (unpaired) electrons. The molecule has 6 aromatic rings. The minimum absolute atomic E-state index is 0.0148. The van der Waals surface area contributed by atoms with E-state index in [9.17, 15) is 4.79 Å². The number of amides is 1. The van der Waals surface area contributed by atoms with E-state index in [-0.39, 0.29) is 17.8 Å². The third-order valence-electron chi connectivity index (χ3n) is 5.40. The Bertz CT molecular complexity index is 1610. The minimum Gasteiger partial charge on any atom is -0.459 e. The van der Waals surface area contributed by atoms with Gasteiger partial charge in [0.25, 0.3) is 11.8 Å². The van der Waals surface area contributed by atoms with Crippen LogP contribution in [-0.4, -0.2) is 21.1 Å². The first-order valence-corrected chi connectivity index (χ1v) is 10.3. The van der Waals surface area contributed by atoms with Crippen LogP contribution >= 0.6 is 0 Å². The van der Waals surface area contributed by atoms with Crippen molar-refractivity contribution in [1.82, 2.24) is 15.2 Å². The van der Waals surface area contributed by atoms with Crippen molar-refractivity contribution in [3.8, 4) is 22.9 Å². The highest BCUT2D eigenvalue weighted by Gasteiger charge is 2.18. The van der Waals surface area contributed by atoms with Crippen LogP contribution in [-0.2, 0) is 0 Å². The van der Waals surface area contributed by atoms with E-state index in [1.54, 1.807) is 18.2 Å². The second-order valence-corrected chi connectivity index (χ2v) is 7.44. The quantitative estimate of drug-likeness (QED) is 0.370. The fourth-order valence-electron chi connectivity index (χ4n) is 3.89. The van der Waals surface area contributed by atoms with Gasteiger partial charge in [-0.1, -0.05) is 65.8 Å². The number of pyridine rings is 1. The van der Waals surface area contributed by atoms with Crippen LogP contribution in [0.15, 0.2) is 100 Å². The molecule has 6 rings (SSSR count). The van der Waals surface area contributed by atoms with Crippen molar-refractivity contribution in [2.75, 3.05) is 5.32 Å². The summed E-state index contributed by atoms with van der Waals surface area (Å²) in [6.07, 6.45) is 1.51. The summed E-state index contributed by atoms with van der Waals surface area (Å²) in [5.41, 5.74) is 2.83.